The fraction of sp³-hybridized carbons (Fsp3) is 0.515. The lowest BCUT2D eigenvalue weighted by Crippen LogP contribution is -2.53. The highest BCUT2D eigenvalue weighted by atomic mass is 16.6. The molecular formula is C33H44N4O5. The number of amides is 4. The minimum atomic E-state index is -0.744. The largest absolute Gasteiger partial charge is 0.444 e. The summed E-state index contributed by atoms with van der Waals surface area (Å²) in [5.41, 5.74) is 2.18. The van der Waals surface area contributed by atoms with Gasteiger partial charge in [-0.15, -0.1) is 0 Å². The van der Waals surface area contributed by atoms with Gasteiger partial charge < -0.3 is 20.3 Å². The van der Waals surface area contributed by atoms with Crippen molar-refractivity contribution in [1.29, 1.82) is 0 Å². The number of ether oxygens (including phenoxy) is 1. The van der Waals surface area contributed by atoms with Crippen LogP contribution in [0.3, 0.4) is 0 Å². The predicted octanol–water partition coefficient (Wildman–Crippen LogP) is 4.55. The predicted molar refractivity (Wildman–Crippen MR) is 162 cm³/mol. The van der Waals surface area contributed by atoms with Crippen molar-refractivity contribution in [1.82, 2.24) is 15.1 Å². The van der Waals surface area contributed by atoms with Crippen molar-refractivity contribution < 1.29 is 23.9 Å². The minimum absolute atomic E-state index is 0.0901. The van der Waals surface area contributed by atoms with Crippen LogP contribution in [0.2, 0.25) is 0 Å². The molecule has 2 fully saturated rings. The molecule has 226 valence electrons. The Labute approximate surface area is 249 Å². The van der Waals surface area contributed by atoms with Gasteiger partial charge in [-0.1, -0.05) is 49.4 Å². The maximum atomic E-state index is 13.4. The lowest BCUT2D eigenvalue weighted by molar-refractivity contribution is -0.139. The summed E-state index contributed by atoms with van der Waals surface area (Å²) >= 11 is 0. The topological polar surface area (TPSA) is 108 Å². The number of anilines is 1. The van der Waals surface area contributed by atoms with E-state index in [-0.39, 0.29) is 23.6 Å². The zero-order valence-electron chi connectivity index (χ0n) is 25.2. The Hall–Kier alpha value is -3.88. The van der Waals surface area contributed by atoms with Gasteiger partial charge in [-0.25, -0.2) is 4.79 Å². The van der Waals surface area contributed by atoms with E-state index in [4.69, 9.17) is 4.74 Å². The summed E-state index contributed by atoms with van der Waals surface area (Å²) in [6.07, 6.45) is 3.16. The first-order valence-electron chi connectivity index (χ1n) is 15.1. The third-order valence-electron chi connectivity index (χ3n) is 7.89. The number of carbonyl (C=O) groups is 4. The van der Waals surface area contributed by atoms with E-state index < -0.39 is 23.8 Å². The first-order chi connectivity index (χ1) is 20.0. The van der Waals surface area contributed by atoms with E-state index in [0.29, 0.717) is 51.0 Å². The second-order valence-electron chi connectivity index (χ2n) is 12.2. The van der Waals surface area contributed by atoms with Gasteiger partial charge in [-0.2, -0.15) is 0 Å². The summed E-state index contributed by atoms with van der Waals surface area (Å²) in [6.45, 7) is 8.86. The van der Waals surface area contributed by atoms with Crippen LogP contribution < -0.4 is 10.6 Å². The monoisotopic (exact) mass is 576 g/mol. The molecule has 9 nitrogen and oxygen atoms in total. The van der Waals surface area contributed by atoms with Crippen molar-refractivity contribution in [3.05, 3.63) is 65.7 Å². The van der Waals surface area contributed by atoms with Gasteiger partial charge in [0.2, 0.25) is 17.7 Å². The van der Waals surface area contributed by atoms with Crippen molar-refractivity contribution in [2.24, 2.45) is 5.92 Å². The van der Waals surface area contributed by atoms with E-state index in [2.05, 4.69) is 17.6 Å². The number of aryl methyl sites for hydroxylation is 1. The standard InChI is InChI=1S/C33H44N4O5/c1-5-23-13-15-26(16-14-23)34-30(39)27(22-24-10-7-6-8-11-24)35-29(38)25-17-20-36(21-18-25)31(40)28-12-9-19-37(28)32(41)42-33(2,3)4/h6-8,10-11,13-16,25,27-28H,5,9,12,17-22H2,1-4H3,(H,34,39)(H,35,38). The van der Waals surface area contributed by atoms with Crippen LogP contribution >= 0.6 is 0 Å². The quantitative estimate of drug-likeness (QED) is 0.479. The summed E-state index contributed by atoms with van der Waals surface area (Å²) < 4.78 is 5.52. The molecule has 0 aromatic heterocycles. The highest BCUT2D eigenvalue weighted by molar-refractivity contribution is 5.97. The highest BCUT2D eigenvalue weighted by Crippen LogP contribution is 2.25. The molecule has 2 saturated heterocycles. The van der Waals surface area contributed by atoms with E-state index in [1.54, 1.807) is 4.90 Å². The number of likely N-dealkylation sites (tertiary alicyclic amines) is 2. The Morgan fingerprint density at radius 3 is 2.19 bits per heavy atom. The van der Waals surface area contributed by atoms with Gasteiger partial charge >= 0.3 is 6.09 Å². The Morgan fingerprint density at radius 1 is 0.905 bits per heavy atom. The number of nitrogens with zero attached hydrogens (tertiary/aromatic N) is 2. The molecule has 42 heavy (non-hydrogen) atoms. The molecule has 2 heterocycles. The third kappa shape index (κ3) is 8.33. The first-order valence-corrected chi connectivity index (χ1v) is 15.1. The molecule has 0 bridgehead atoms. The van der Waals surface area contributed by atoms with E-state index in [1.165, 1.54) is 10.5 Å². The van der Waals surface area contributed by atoms with Gasteiger partial charge in [0.15, 0.2) is 0 Å². The summed E-state index contributed by atoms with van der Waals surface area (Å²) in [4.78, 5) is 56.0. The molecule has 4 rings (SSSR count). The Morgan fingerprint density at radius 2 is 1.57 bits per heavy atom. The van der Waals surface area contributed by atoms with Crippen LogP contribution in [0, 0.1) is 5.92 Å². The van der Waals surface area contributed by atoms with Crippen LogP contribution in [0.4, 0.5) is 10.5 Å². The second kappa shape index (κ2) is 13.9. The number of hydrogen-bond donors (Lipinski definition) is 2. The van der Waals surface area contributed by atoms with Crippen LogP contribution in [0.5, 0.6) is 0 Å². The average molecular weight is 577 g/mol. The summed E-state index contributed by atoms with van der Waals surface area (Å²) in [5, 5.41) is 5.95. The normalized spacial score (nSPS) is 18.3. The van der Waals surface area contributed by atoms with Crippen LogP contribution in [0.1, 0.15) is 64.5 Å². The summed E-state index contributed by atoms with van der Waals surface area (Å²) in [6, 6.07) is 16.1. The van der Waals surface area contributed by atoms with Gasteiger partial charge in [0.05, 0.1) is 0 Å². The van der Waals surface area contributed by atoms with Crippen LogP contribution in [0.25, 0.3) is 0 Å². The molecule has 0 radical (unpaired) electrons. The average Bonchev–Trinajstić information content (AvgIpc) is 3.47. The first kappa shape index (κ1) is 31.1. The highest BCUT2D eigenvalue weighted by Gasteiger charge is 2.40. The number of nitrogens with one attached hydrogen (secondary N) is 2. The molecule has 2 aromatic rings. The van der Waals surface area contributed by atoms with Crippen molar-refractivity contribution in [3.8, 4) is 0 Å². The Bertz CT molecular complexity index is 1230. The number of carbonyl (C=O) groups excluding carboxylic acids is 4. The lowest BCUT2D eigenvalue weighted by Gasteiger charge is -2.35. The zero-order valence-corrected chi connectivity index (χ0v) is 25.2. The van der Waals surface area contributed by atoms with Crippen molar-refractivity contribution in [2.75, 3.05) is 25.0 Å². The third-order valence-corrected chi connectivity index (χ3v) is 7.89. The van der Waals surface area contributed by atoms with Gasteiger partial charge in [-0.05, 0) is 76.1 Å². The summed E-state index contributed by atoms with van der Waals surface area (Å²) in [5.74, 6) is -0.856. The number of rotatable bonds is 8. The molecule has 2 unspecified atom stereocenters. The molecule has 0 spiro atoms. The molecule has 2 aliphatic rings. The number of piperidine rings is 1. The molecule has 0 aliphatic carbocycles. The van der Waals surface area contributed by atoms with E-state index in [9.17, 15) is 19.2 Å². The maximum Gasteiger partial charge on any atom is 0.410 e. The van der Waals surface area contributed by atoms with E-state index >= 15 is 0 Å². The zero-order chi connectivity index (χ0) is 30.3. The van der Waals surface area contributed by atoms with E-state index in [0.717, 1.165) is 18.4 Å². The smallest absolute Gasteiger partial charge is 0.410 e. The van der Waals surface area contributed by atoms with Gasteiger partial charge in [0.1, 0.15) is 17.7 Å². The molecule has 2 aliphatic heterocycles. The molecule has 2 atom stereocenters. The van der Waals surface area contributed by atoms with Crippen molar-refractivity contribution in [3.63, 3.8) is 0 Å². The molecule has 9 heteroatoms. The van der Waals surface area contributed by atoms with Crippen LogP contribution in [-0.2, 0) is 32.0 Å². The SMILES string of the molecule is CCc1ccc(NC(=O)C(Cc2ccccc2)NC(=O)C2CCN(C(=O)C3CCCN3C(=O)OC(C)(C)C)CC2)cc1. The van der Waals surface area contributed by atoms with Gasteiger partial charge in [0, 0.05) is 37.7 Å². The van der Waals surface area contributed by atoms with Gasteiger partial charge in [0.25, 0.3) is 0 Å². The fourth-order valence-corrected chi connectivity index (χ4v) is 5.54. The van der Waals surface area contributed by atoms with E-state index in [1.807, 2.05) is 75.4 Å². The Balaban J connectivity index is 1.35. The number of benzene rings is 2. The van der Waals surface area contributed by atoms with Crippen LogP contribution in [-0.4, -0.2) is 70.9 Å². The van der Waals surface area contributed by atoms with Crippen molar-refractivity contribution >= 4 is 29.5 Å². The van der Waals surface area contributed by atoms with Crippen LogP contribution in [0.15, 0.2) is 54.6 Å². The summed E-state index contributed by atoms with van der Waals surface area (Å²) in [7, 11) is 0. The molecule has 4 amide bonds. The van der Waals surface area contributed by atoms with Gasteiger partial charge in [-0.3, -0.25) is 19.3 Å². The molecular weight excluding hydrogens is 532 g/mol. The fourth-order valence-electron chi connectivity index (χ4n) is 5.54. The second-order valence-corrected chi connectivity index (χ2v) is 12.2. The molecule has 0 saturated carbocycles. The van der Waals surface area contributed by atoms with Crippen molar-refractivity contribution in [2.45, 2.75) is 83.9 Å². The lowest BCUT2D eigenvalue weighted by atomic mass is 9.94. The number of hydrogen-bond acceptors (Lipinski definition) is 5. The molecule has 2 N–H and O–H groups in total. The maximum absolute atomic E-state index is 13.4. The Kier molecular flexibility index (Phi) is 10.2. The minimum Gasteiger partial charge on any atom is -0.444 e. The molecule has 2 aromatic carbocycles.